The van der Waals surface area contributed by atoms with E-state index in [1.54, 1.807) is 19.1 Å². The number of nitrogens with zero attached hydrogens (tertiary/aromatic N) is 3. The molecule has 2 aromatic rings. The van der Waals surface area contributed by atoms with Gasteiger partial charge in [0.1, 0.15) is 5.56 Å². The summed E-state index contributed by atoms with van der Waals surface area (Å²) in [5.74, 6) is 0.662. The molecule has 1 atom stereocenters. The number of aromatic nitrogens is 2. The molecule has 0 radical (unpaired) electrons. The minimum atomic E-state index is -0.580. The summed E-state index contributed by atoms with van der Waals surface area (Å²) in [6.07, 6.45) is 0.370. The number of rotatable bonds is 6. The monoisotopic (exact) mass is 448 g/mol. The molecule has 166 valence electrons. The normalized spacial score (nSPS) is 15.6. The van der Waals surface area contributed by atoms with Crippen molar-refractivity contribution in [1.82, 2.24) is 14.6 Å². The van der Waals surface area contributed by atoms with E-state index in [1.807, 2.05) is 0 Å². The fourth-order valence-corrected chi connectivity index (χ4v) is 3.73. The van der Waals surface area contributed by atoms with E-state index in [4.69, 9.17) is 26.4 Å². The number of amides is 1. The molecule has 1 aromatic carbocycles. The predicted molar refractivity (Wildman–Crippen MR) is 116 cm³/mol. The number of hydrazone groups is 1. The molecule has 0 bridgehead atoms. The van der Waals surface area contributed by atoms with Crippen LogP contribution in [-0.2, 0) is 11.8 Å². The van der Waals surface area contributed by atoms with Crippen molar-refractivity contribution in [3.63, 3.8) is 0 Å². The minimum Gasteiger partial charge on any atom is -0.494 e. The zero-order valence-electron chi connectivity index (χ0n) is 17.9. The first kappa shape index (κ1) is 22.3. The van der Waals surface area contributed by atoms with Gasteiger partial charge in [0.15, 0.2) is 16.3 Å². The molecule has 0 fully saturated rings. The number of ether oxygens (including phenoxy) is 3. The van der Waals surface area contributed by atoms with Crippen LogP contribution < -0.4 is 19.8 Å². The van der Waals surface area contributed by atoms with E-state index in [9.17, 15) is 14.7 Å². The van der Waals surface area contributed by atoms with Gasteiger partial charge in [-0.05, 0) is 24.4 Å². The lowest BCUT2D eigenvalue weighted by Crippen LogP contribution is -2.26. The Hall–Kier alpha value is -3.34. The van der Waals surface area contributed by atoms with Crippen molar-refractivity contribution in [2.24, 2.45) is 12.1 Å². The molecule has 2 heterocycles. The Balaban J connectivity index is 2.17. The molecule has 0 aliphatic carbocycles. The third-order valence-electron chi connectivity index (χ3n) is 5.14. The highest BCUT2D eigenvalue weighted by atomic mass is 32.1. The maximum Gasteiger partial charge on any atom is 0.264 e. The standard InChI is InChI=1S/C20H24N4O6S/c1-6-14(25)24-12(10-7-8-13(28-3)17(30-5)16(10)29-4)9-11(22-24)15-18(26)21-20(31)23(2)19(15)27/h7-8,12,27H,6,9H2,1-5H3,(H,21,26,31)/t12-/m0/s1. The molecule has 10 nitrogen and oxygen atoms in total. The molecule has 1 aromatic heterocycles. The summed E-state index contributed by atoms with van der Waals surface area (Å²) >= 11 is 5.03. The largest absolute Gasteiger partial charge is 0.494 e. The van der Waals surface area contributed by atoms with Crippen molar-refractivity contribution >= 4 is 23.8 Å². The molecule has 3 rings (SSSR count). The summed E-state index contributed by atoms with van der Waals surface area (Å²) in [6, 6.07) is 2.89. The number of benzene rings is 1. The quantitative estimate of drug-likeness (QED) is 0.651. The molecule has 1 aliphatic rings. The van der Waals surface area contributed by atoms with Crippen LogP contribution >= 0.6 is 12.2 Å². The van der Waals surface area contributed by atoms with Crippen molar-refractivity contribution in [2.45, 2.75) is 25.8 Å². The molecule has 0 saturated carbocycles. The predicted octanol–water partition coefficient (Wildman–Crippen LogP) is 2.26. The summed E-state index contributed by atoms with van der Waals surface area (Å²) in [5, 5.41) is 16.2. The number of hydrogen-bond donors (Lipinski definition) is 2. The van der Waals surface area contributed by atoms with Gasteiger partial charge in [-0.15, -0.1) is 0 Å². The van der Waals surface area contributed by atoms with Gasteiger partial charge < -0.3 is 19.3 Å². The molecule has 0 saturated heterocycles. The average molecular weight is 449 g/mol. The summed E-state index contributed by atoms with van der Waals surface area (Å²) in [5.41, 5.74) is 0.268. The van der Waals surface area contributed by atoms with Crippen LogP contribution in [0, 0.1) is 4.77 Å². The highest BCUT2D eigenvalue weighted by molar-refractivity contribution is 7.71. The van der Waals surface area contributed by atoms with Crippen LogP contribution in [-0.4, -0.2) is 52.6 Å². The van der Waals surface area contributed by atoms with Gasteiger partial charge in [0.05, 0.1) is 33.1 Å². The van der Waals surface area contributed by atoms with Crippen LogP contribution in [0.25, 0.3) is 0 Å². The molecule has 0 unspecified atom stereocenters. The number of H-pyrrole nitrogens is 1. The lowest BCUT2D eigenvalue weighted by atomic mass is 9.97. The number of carbonyl (C=O) groups excluding carboxylic acids is 1. The second-order valence-electron chi connectivity index (χ2n) is 6.80. The second kappa shape index (κ2) is 8.80. The Morgan fingerprint density at radius 2 is 1.94 bits per heavy atom. The molecule has 1 amide bonds. The fourth-order valence-electron chi connectivity index (χ4n) is 3.55. The van der Waals surface area contributed by atoms with E-state index in [0.29, 0.717) is 22.8 Å². The first-order chi connectivity index (χ1) is 14.8. The Morgan fingerprint density at radius 1 is 1.26 bits per heavy atom. The van der Waals surface area contributed by atoms with Crippen LogP contribution in [0.5, 0.6) is 23.1 Å². The van der Waals surface area contributed by atoms with Gasteiger partial charge >= 0.3 is 0 Å². The maximum atomic E-state index is 12.7. The minimum absolute atomic E-state index is 0.0352. The SMILES string of the molecule is CCC(=O)N1N=C(c2c(O)n(C)c(=S)[nH]c2=O)C[C@H]1c1ccc(OC)c(OC)c1OC. The third-order valence-corrected chi connectivity index (χ3v) is 5.52. The number of aromatic amines is 1. The zero-order valence-corrected chi connectivity index (χ0v) is 18.7. The third kappa shape index (κ3) is 3.76. The van der Waals surface area contributed by atoms with Crippen LogP contribution in [0.15, 0.2) is 22.0 Å². The first-order valence-electron chi connectivity index (χ1n) is 9.49. The van der Waals surface area contributed by atoms with Crippen molar-refractivity contribution in [1.29, 1.82) is 0 Å². The van der Waals surface area contributed by atoms with Gasteiger partial charge in [0.25, 0.3) is 5.56 Å². The van der Waals surface area contributed by atoms with Crippen molar-refractivity contribution in [3.8, 4) is 23.1 Å². The summed E-state index contributed by atoms with van der Waals surface area (Å²) in [6.45, 7) is 1.72. The Labute approximate surface area is 183 Å². The van der Waals surface area contributed by atoms with Crippen molar-refractivity contribution < 1.29 is 24.1 Å². The number of methoxy groups -OCH3 is 3. The Bertz CT molecular complexity index is 1170. The van der Waals surface area contributed by atoms with Gasteiger partial charge in [-0.1, -0.05) is 6.92 Å². The van der Waals surface area contributed by atoms with Gasteiger partial charge in [-0.2, -0.15) is 5.10 Å². The highest BCUT2D eigenvalue weighted by Crippen LogP contribution is 2.46. The van der Waals surface area contributed by atoms with Crippen molar-refractivity contribution in [3.05, 3.63) is 38.4 Å². The lowest BCUT2D eigenvalue weighted by molar-refractivity contribution is -0.132. The van der Waals surface area contributed by atoms with E-state index in [2.05, 4.69) is 10.1 Å². The molecule has 31 heavy (non-hydrogen) atoms. The first-order valence-corrected chi connectivity index (χ1v) is 9.90. The van der Waals surface area contributed by atoms with Gasteiger partial charge in [0, 0.05) is 25.5 Å². The average Bonchev–Trinajstić information content (AvgIpc) is 3.20. The zero-order chi connectivity index (χ0) is 22.9. The topological polar surface area (TPSA) is 118 Å². The van der Waals surface area contributed by atoms with Gasteiger partial charge in [-0.25, -0.2) is 5.01 Å². The molecule has 1 aliphatic heterocycles. The highest BCUT2D eigenvalue weighted by Gasteiger charge is 2.37. The van der Waals surface area contributed by atoms with E-state index >= 15 is 0 Å². The van der Waals surface area contributed by atoms with Crippen LogP contribution in [0.1, 0.15) is 36.9 Å². The number of hydrogen-bond acceptors (Lipinski definition) is 8. The summed E-state index contributed by atoms with van der Waals surface area (Å²) in [7, 11) is 6.01. The lowest BCUT2D eigenvalue weighted by Gasteiger charge is -2.24. The fraction of sp³-hybridized carbons (Fsp3) is 0.400. The Kier molecular flexibility index (Phi) is 6.34. The number of aromatic hydroxyl groups is 1. The van der Waals surface area contributed by atoms with Crippen molar-refractivity contribution in [2.75, 3.05) is 21.3 Å². The van der Waals surface area contributed by atoms with E-state index in [-0.39, 0.29) is 40.7 Å². The number of carbonyl (C=O) groups is 1. The van der Waals surface area contributed by atoms with E-state index in [1.165, 1.54) is 38.0 Å². The van der Waals surface area contributed by atoms with Gasteiger partial charge in [0.2, 0.25) is 17.5 Å². The summed E-state index contributed by atoms with van der Waals surface area (Å²) < 4.78 is 17.7. The second-order valence-corrected chi connectivity index (χ2v) is 7.19. The molecular weight excluding hydrogens is 424 g/mol. The van der Waals surface area contributed by atoms with Crippen LogP contribution in [0.4, 0.5) is 0 Å². The van der Waals surface area contributed by atoms with E-state index < -0.39 is 11.6 Å². The molecule has 2 N–H and O–H groups in total. The van der Waals surface area contributed by atoms with Gasteiger partial charge in [-0.3, -0.25) is 19.1 Å². The molecule has 0 spiro atoms. The smallest absolute Gasteiger partial charge is 0.264 e. The maximum absolute atomic E-state index is 12.7. The number of nitrogens with one attached hydrogen (secondary N) is 1. The van der Waals surface area contributed by atoms with Crippen LogP contribution in [0.2, 0.25) is 0 Å². The molecule has 11 heteroatoms. The van der Waals surface area contributed by atoms with Crippen LogP contribution in [0.3, 0.4) is 0 Å². The summed E-state index contributed by atoms with van der Waals surface area (Å²) in [4.78, 5) is 27.8. The Morgan fingerprint density at radius 3 is 2.52 bits per heavy atom. The van der Waals surface area contributed by atoms with E-state index in [0.717, 1.165) is 0 Å². The molecular formula is C20H24N4O6S.